The SMILES string of the molecule is CNC(Cc1cc(OC)ccc1Br)c1cc(C)cc(Br)c1. The van der Waals surface area contributed by atoms with E-state index in [2.05, 4.69) is 68.4 Å². The van der Waals surface area contributed by atoms with Crippen LogP contribution in [0.4, 0.5) is 0 Å². The van der Waals surface area contributed by atoms with Crippen molar-refractivity contribution in [2.45, 2.75) is 19.4 Å². The highest BCUT2D eigenvalue weighted by atomic mass is 79.9. The van der Waals surface area contributed by atoms with E-state index in [4.69, 9.17) is 4.74 Å². The third-order valence-electron chi connectivity index (χ3n) is 3.49. The van der Waals surface area contributed by atoms with Crippen molar-refractivity contribution < 1.29 is 4.74 Å². The molecule has 0 aliphatic rings. The fourth-order valence-electron chi connectivity index (χ4n) is 2.41. The molecule has 0 bridgehead atoms. The minimum atomic E-state index is 0.254. The molecule has 1 N–H and O–H groups in total. The lowest BCUT2D eigenvalue weighted by molar-refractivity contribution is 0.414. The van der Waals surface area contributed by atoms with Crippen molar-refractivity contribution in [1.82, 2.24) is 5.32 Å². The van der Waals surface area contributed by atoms with Gasteiger partial charge in [0, 0.05) is 15.0 Å². The highest BCUT2D eigenvalue weighted by molar-refractivity contribution is 9.10. The van der Waals surface area contributed by atoms with Gasteiger partial charge in [0.25, 0.3) is 0 Å². The molecule has 1 atom stereocenters. The number of likely N-dealkylation sites (N-methyl/N-ethyl adjacent to an activating group) is 1. The third kappa shape index (κ3) is 4.31. The molecule has 0 spiro atoms. The summed E-state index contributed by atoms with van der Waals surface area (Å²) in [6, 6.07) is 12.8. The zero-order valence-electron chi connectivity index (χ0n) is 12.4. The van der Waals surface area contributed by atoms with E-state index in [1.807, 2.05) is 19.2 Å². The van der Waals surface area contributed by atoms with E-state index in [1.165, 1.54) is 16.7 Å². The van der Waals surface area contributed by atoms with E-state index in [9.17, 15) is 0 Å². The van der Waals surface area contributed by atoms with E-state index >= 15 is 0 Å². The van der Waals surface area contributed by atoms with E-state index in [-0.39, 0.29) is 6.04 Å². The molecule has 0 radical (unpaired) electrons. The standard InChI is InChI=1S/C17H19Br2NO/c1-11-6-13(8-14(18)7-11)17(20-2)10-12-9-15(21-3)4-5-16(12)19/h4-9,17,20H,10H2,1-3H3. The Labute approximate surface area is 143 Å². The van der Waals surface area contributed by atoms with Crippen LogP contribution in [0.5, 0.6) is 5.75 Å². The topological polar surface area (TPSA) is 21.3 Å². The Balaban J connectivity index is 2.30. The Bertz CT molecular complexity index is 608. The Morgan fingerprint density at radius 3 is 2.52 bits per heavy atom. The van der Waals surface area contributed by atoms with Crippen molar-refractivity contribution in [2.75, 3.05) is 14.2 Å². The summed E-state index contributed by atoms with van der Waals surface area (Å²) in [5.41, 5.74) is 3.76. The van der Waals surface area contributed by atoms with Crippen LogP contribution < -0.4 is 10.1 Å². The Kier molecular flexibility index (Phi) is 5.85. The first-order valence-corrected chi connectivity index (χ1v) is 8.39. The molecule has 2 aromatic carbocycles. The predicted molar refractivity (Wildman–Crippen MR) is 95.1 cm³/mol. The normalized spacial score (nSPS) is 12.2. The van der Waals surface area contributed by atoms with Crippen LogP contribution in [0, 0.1) is 6.92 Å². The second-order valence-electron chi connectivity index (χ2n) is 5.06. The monoisotopic (exact) mass is 411 g/mol. The molecule has 0 aliphatic heterocycles. The van der Waals surface area contributed by atoms with Crippen molar-refractivity contribution in [3.63, 3.8) is 0 Å². The van der Waals surface area contributed by atoms with Gasteiger partial charge in [-0.2, -0.15) is 0 Å². The predicted octanol–water partition coefficient (Wildman–Crippen LogP) is 5.03. The molecule has 112 valence electrons. The maximum absolute atomic E-state index is 5.32. The van der Waals surface area contributed by atoms with E-state index in [1.54, 1.807) is 7.11 Å². The first kappa shape index (κ1) is 16.5. The summed E-state index contributed by atoms with van der Waals surface area (Å²) < 4.78 is 7.54. The van der Waals surface area contributed by atoms with Crippen LogP contribution in [0.25, 0.3) is 0 Å². The number of hydrogen-bond donors (Lipinski definition) is 1. The van der Waals surface area contributed by atoms with Crippen molar-refractivity contribution >= 4 is 31.9 Å². The lowest BCUT2D eigenvalue weighted by Gasteiger charge is -2.19. The van der Waals surface area contributed by atoms with Gasteiger partial charge in [-0.3, -0.25) is 0 Å². The zero-order chi connectivity index (χ0) is 15.4. The number of nitrogens with one attached hydrogen (secondary N) is 1. The summed E-state index contributed by atoms with van der Waals surface area (Å²) in [6.07, 6.45) is 0.893. The molecule has 0 heterocycles. The lowest BCUT2D eigenvalue weighted by Crippen LogP contribution is -2.19. The summed E-state index contributed by atoms with van der Waals surface area (Å²) in [4.78, 5) is 0. The minimum absolute atomic E-state index is 0.254. The molecule has 2 nitrogen and oxygen atoms in total. The molecule has 2 rings (SSSR count). The molecule has 4 heteroatoms. The third-order valence-corrected chi connectivity index (χ3v) is 4.72. The summed E-state index contributed by atoms with van der Waals surface area (Å²) >= 11 is 7.20. The van der Waals surface area contributed by atoms with Gasteiger partial charge in [0.05, 0.1) is 7.11 Å². The van der Waals surface area contributed by atoms with E-state index < -0.39 is 0 Å². The molecule has 21 heavy (non-hydrogen) atoms. The van der Waals surface area contributed by atoms with Crippen molar-refractivity contribution in [3.8, 4) is 5.75 Å². The van der Waals surface area contributed by atoms with Crippen LogP contribution in [-0.4, -0.2) is 14.2 Å². The smallest absolute Gasteiger partial charge is 0.119 e. The van der Waals surface area contributed by atoms with Crippen LogP contribution in [0.3, 0.4) is 0 Å². The molecule has 1 unspecified atom stereocenters. The molecule has 0 amide bonds. The lowest BCUT2D eigenvalue weighted by atomic mass is 9.97. The van der Waals surface area contributed by atoms with Gasteiger partial charge in [-0.25, -0.2) is 0 Å². The number of benzene rings is 2. The van der Waals surface area contributed by atoms with Crippen LogP contribution in [-0.2, 0) is 6.42 Å². The average Bonchev–Trinajstić information content (AvgIpc) is 2.45. The van der Waals surface area contributed by atoms with Gasteiger partial charge in [0.2, 0.25) is 0 Å². The molecule has 0 saturated carbocycles. The first-order chi connectivity index (χ1) is 10.0. The summed E-state index contributed by atoms with van der Waals surface area (Å²) in [5.74, 6) is 0.883. The summed E-state index contributed by atoms with van der Waals surface area (Å²) in [7, 11) is 3.69. The highest BCUT2D eigenvalue weighted by Crippen LogP contribution is 2.28. The van der Waals surface area contributed by atoms with Gasteiger partial charge >= 0.3 is 0 Å². The van der Waals surface area contributed by atoms with Crippen molar-refractivity contribution in [2.24, 2.45) is 0 Å². The van der Waals surface area contributed by atoms with Crippen LogP contribution in [0.2, 0.25) is 0 Å². The van der Waals surface area contributed by atoms with Gasteiger partial charge in [-0.1, -0.05) is 37.9 Å². The molecule has 0 saturated heterocycles. The van der Waals surface area contributed by atoms with Gasteiger partial charge in [-0.15, -0.1) is 0 Å². The molecule has 0 aromatic heterocycles. The van der Waals surface area contributed by atoms with Gasteiger partial charge < -0.3 is 10.1 Å². The average molecular weight is 413 g/mol. The van der Waals surface area contributed by atoms with Crippen molar-refractivity contribution in [1.29, 1.82) is 0 Å². The number of rotatable bonds is 5. The van der Waals surface area contributed by atoms with Gasteiger partial charge in [0.15, 0.2) is 0 Å². The molecular weight excluding hydrogens is 394 g/mol. The van der Waals surface area contributed by atoms with Gasteiger partial charge in [0.1, 0.15) is 5.75 Å². The summed E-state index contributed by atoms with van der Waals surface area (Å²) in [6.45, 7) is 2.11. The molecule has 0 fully saturated rings. The second kappa shape index (κ2) is 7.43. The highest BCUT2D eigenvalue weighted by Gasteiger charge is 2.13. The molecule has 2 aromatic rings. The summed E-state index contributed by atoms with van der Waals surface area (Å²) in [5, 5.41) is 3.40. The van der Waals surface area contributed by atoms with E-state index in [0.29, 0.717) is 0 Å². The maximum atomic E-state index is 5.32. The fraction of sp³-hybridized carbons (Fsp3) is 0.294. The quantitative estimate of drug-likeness (QED) is 0.743. The fourth-order valence-corrected chi connectivity index (χ4v) is 3.44. The number of aryl methyl sites for hydroxylation is 1. The maximum Gasteiger partial charge on any atom is 0.119 e. The number of ether oxygens (including phenoxy) is 1. The number of methoxy groups -OCH3 is 1. The Morgan fingerprint density at radius 2 is 1.90 bits per heavy atom. The number of halogens is 2. The largest absolute Gasteiger partial charge is 0.497 e. The molecule has 0 aliphatic carbocycles. The van der Waals surface area contributed by atoms with Crippen LogP contribution >= 0.6 is 31.9 Å². The zero-order valence-corrected chi connectivity index (χ0v) is 15.6. The number of hydrogen-bond acceptors (Lipinski definition) is 2. The van der Waals surface area contributed by atoms with Crippen molar-refractivity contribution in [3.05, 3.63) is 62.0 Å². The van der Waals surface area contributed by atoms with E-state index in [0.717, 1.165) is 21.1 Å². The Morgan fingerprint density at radius 1 is 1.14 bits per heavy atom. The minimum Gasteiger partial charge on any atom is -0.497 e. The van der Waals surface area contributed by atoms with Crippen LogP contribution in [0.1, 0.15) is 22.7 Å². The Hall–Kier alpha value is -0.840. The second-order valence-corrected chi connectivity index (χ2v) is 6.83. The first-order valence-electron chi connectivity index (χ1n) is 6.80. The molecular formula is C17H19Br2NO. The van der Waals surface area contributed by atoms with Crippen LogP contribution in [0.15, 0.2) is 45.3 Å². The van der Waals surface area contributed by atoms with Gasteiger partial charge in [-0.05, 0) is 67.4 Å².